The van der Waals surface area contributed by atoms with Crippen molar-refractivity contribution in [3.05, 3.63) is 72.8 Å². The number of anilines is 1. The third-order valence-electron chi connectivity index (χ3n) is 3.46. The number of aromatic nitrogens is 3. The van der Waals surface area contributed by atoms with Gasteiger partial charge in [0.15, 0.2) is 11.5 Å². The molecule has 3 heterocycles. The molecule has 0 radical (unpaired) electrons. The Bertz CT molecular complexity index is 882. The van der Waals surface area contributed by atoms with Crippen LogP contribution in [0.4, 0.5) is 5.82 Å². The molecule has 4 rings (SSSR count). The third-order valence-corrected chi connectivity index (χ3v) is 3.46. The molecular weight excluding hydrogens is 276 g/mol. The van der Waals surface area contributed by atoms with E-state index in [2.05, 4.69) is 27.4 Å². The largest absolute Gasteiger partial charge is 0.463 e. The van der Waals surface area contributed by atoms with Crippen LogP contribution in [-0.4, -0.2) is 14.4 Å². The highest BCUT2D eigenvalue weighted by Crippen LogP contribution is 2.28. The first kappa shape index (κ1) is 12.6. The molecule has 0 atom stereocenters. The standard InChI is InChI=1S/C17H14N4O/c1-2-6-13(7-3-1)12-19-16-15(14-8-4-11-22-14)20-17-18-9-5-10-21(16)17/h1-11,19H,12H2. The van der Waals surface area contributed by atoms with Gasteiger partial charge in [-0.15, -0.1) is 0 Å². The van der Waals surface area contributed by atoms with Crippen LogP contribution in [0.5, 0.6) is 0 Å². The second-order valence-corrected chi connectivity index (χ2v) is 4.92. The molecule has 5 nitrogen and oxygen atoms in total. The van der Waals surface area contributed by atoms with Crippen LogP contribution < -0.4 is 5.32 Å². The van der Waals surface area contributed by atoms with Gasteiger partial charge >= 0.3 is 0 Å². The first-order valence-corrected chi connectivity index (χ1v) is 7.06. The van der Waals surface area contributed by atoms with Crippen molar-refractivity contribution < 1.29 is 4.42 Å². The van der Waals surface area contributed by atoms with Crippen LogP contribution >= 0.6 is 0 Å². The van der Waals surface area contributed by atoms with Gasteiger partial charge in [0.2, 0.25) is 5.78 Å². The number of imidazole rings is 1. The molecule has 3 aromatic heterocycles. The maximum atomic E-state index is 5.50. The zero-order valence-corrected chi connectivity index (χ0v) is 11.8. The molecule has 0 unspecified atom stereocenters. The van der Waals surface area contributed by atoms with Crippen LogP contribution in [-0.2, 0) is 6.54 Å². The summed E-state index contributed by atoms with van der Waals surface area (Å²) in [6.45, 7) is 0.706. The summed E-state index contributed by atoms with van der Waals surface area (Å²) in [4.78, 5) is 8.86. The van der Waals surface area contributed by atoms with E-state index in [0.29, 0.717) is 12.3 Å². The van der Waals surface area contributed by atoms with Gasteiger partial charge in [-0.2, -0.15) is 0 Å². The zero-order chi connectivity index (χ0) is 14.8. The Balaban J connectivity index is 1.76. The Morgan fingerprint density at radius 1 is 1.05 bits per heavy atom. The van der Waals surface area contributed by atoms with Gasteiger partial charge in [0.25, 0.3) is 0 Å². The zero-order valence-electron chi connectivity index (χ0n) is 11.8. The minimum atomic E-state index is 0.643. The van der Waals surface area contributed by atoms with Crippen molar-refractivity contribution in [1.82, 2.24) is 14.4 Å². The van der Waals surface area contributed by atoms with Gasteiger partial charge in [0.1, 0.15) is 5.82 Å². The van der Waals surface area contributed by atoms with Gasteiger partial charge in [-0.1, -0.05) is 30.3 Å². The van der Waals surface area contributed by atoms with E-state index in [1.54, 1.807) is 12.5 Å². The summed E-state index contributed by atoms with van der Waals surface area (Å²) in [6.07, 6.45) is 5.32. The van der Waals surface area contributed by atoms with Gasteiger partial charge in [0, 0.05) is 18.9 Å². The molecule has 0 aliphatic rings. The SMILES string of the molecule is c1ccc(CNc2c(-c3ccco3)nc3ncccn23)cc1. The number of hydrogen-bond acceptors (Lipinski definition) is 4. The third kappa shape index (κ3) is 2.22. The fourth-order valence-corrected chi connectivity index (χ4v) is 2.42. The predicted molar refractivity (Wildman–Crippen MR) is 84.5 cm³/mol. The van der Waals surface area contributed by atoms with Crippen molar-refractivity contribution >= 4 is 11.6 Å². The van der Waals surface area contributed by atoms with E-state index in [0.717, 1.165) is 17.3 Å². The molecular formula is C17H14N4O. The van der Waals surface area contributed by atoms with E-state index in [1.165, 1.54) is 5.56 Å². The summed E-state index contributed by atoms with van der Waals surface area (Å²) < 4.78 is 7.43. The van der Waals surface area contributed by atoms with Gasteiger partial charge < -0.3 is 9.73 Å². The second-order valence-electron chi connectivity index (χ2n) is 4.92. The molecule has 1 aromatic carbocycles. The fraction of sp³-hybridized carbons (Fsp3) is 0.0588. The van der Waals surface area contributed by atoms with Crippen LogP contribution in [0.1, 0.15) is 5.56 Å². The molecule has 0 amide bonds. The molecule has 22 heavy (non-hydrogen) atoms. The average molecular weight is 290 g/mol. The van der Waals surface area contributed by atoms with E-state index in [-0.39, 0.29) is 0 Å². The Morgan fingerprint density at radius 3 is 2.77 bits per heavy atom. The summed E-state index contributed by atoms with van der Waals surface area (Å²) in [7, 11) is 0. The summed E-state index contributed by atoms with van der Waals surface area (Å²) in [5.41, 5.74) is 1.96. The summed E-state index contributed by atoms with van der Waals surface area (Å²) in [6, 6.07) is 15.9. The highest BCUT2D eigenvalue weighted by molar-refractivity contribution is 5.72. The summed E-state index contributed by atoms with van der Waals surface area (Å²) in [5, 5.41) is 3.44. The maximum absolute atomic E-state index is 5.50. The summed E-state index contributed by atoms with van der Waals surface area (Å²) >= 11 is 0. The van der Waals surface area contributed by atoms with Gasteiger partial charge in [-0.25, -0.2) is 9.97 Å². The molecule has 0 saturated heterocycles. The average Bonchev–Trinajstić information content (AvgIpc) is 3.21. The molecule has 0 bridgehead atoms. The molecule has 5 heteroatoms. The lowest BCUT2D eigenvalue weighted by Crippen LogP contribution is -2.03. The molecule has 0 spiro atoms. The lowest BCUT2D eigenvalue weighted by molar-refractivity contribution is 0.580. The van der Waals surface area contributed by atoms with E-state index in [1.807, 2.05) is 47.0 Å². The molecule has 0 saturated carbocycles. The number of furan rings is 1. The number of nitrogens with zero attached hydrogens (tertiary/aromatic N) is 3. The van der Waals surface area contributed by atoms with Crippen LogP contribution in [0.2, 0.25) is 0 Å². The molecule has 1 N–H and O–H groups in total. The van der Waals surface area contributed by atoms with Crippen LogP contribution in [0.25, 0.3) is 17.2 Å². The second kappa shape index (κ2) is 5.37. The van der Waals surface area contributed by atoms with Crippen molar-refractivity contribution in [3.63, 3.8) is 0 Å². The van der Waals surface area contributed by atoms with Crippen molar-refractivity contribution in [2.24, 2.45) is 0 Å². The minimum absolute atomic E-state index is 0.643. The summed E-state index contributed by atoms with van der Waals surface area (Å²) in [5.74, 6) is 2.24. The van der Waals surface area contributed by atoms with Crippen molar-refractivity contribution in [2.45, 2.75) is 6.54 Å². The van der Waals surface area contributed by atoms with Crippen molar-refractivity contribution in [1.29, 1.82) is 0 Å². The predicted octanol–water partition coefficient (Wildman–Crippen LogP) is 3.60. The normalized spacial score (nSPS) is 10.9. The van der Waals surface area contributed by atoms with Gasteiger partial charge in [-0.3, -0.25) is 4.40 Å². The number of nitrogens with one attached hydrogen (secondary N) is 1. The number of hydrogen-bond donors (Lipinski definition) is 1. The number of benzene rings is 1. The Hall–Kier alpha value is -3.08. The van der Waals surface area contributed by atoms with Crippen LogP contribution in [0, 0.1) is 0 Å². The Kier molecular flexibility index (Phi) is 3.08. The Labute approximate surface area is 127 Å². The fourth-order valence-electron chi connectivity index (χ4n) is 2.42. The Morgan fingerprint density at radius 2 is 1.95 bits per heavy atom. The number of rotatable bonds is 4. The quantitative estimate of drug-likeness (QED) is 0.624. The lowest BCUT2D eigenvalue weighted by Gasteiger charge is -2.07. The first-order valence-electron chi connectivity index (χ1n) is 7.06. The maximum Gasteiger partial charge on any atom is 0.236 e. The molecule has 0 fully saturated rings. The van der Waals surface area contributed by atoms with Gasteiger partial charge in [0.05, 0.1) is 6.26 Å². The minimum Gasteiger partial charge on any atom is -0.463 e. The molecule has 0 aliphatic heterocycles. The van der Waals surface area contributed by atoms with E-state index in [9.17, 15) is 0 Å². The first-order chi connectivity index (χ1) is 10.9. The highest BCUT2D eigenvalue weighted by atomic mass is 16.3. The molecule has 0 aliphatic carbocycles. The monoisotopic (exact) mass is 290 g/mol. The van der Waals surface area contributed by atoms with Crippen LogP contribution in [0.15, 0.2) is 71.6 Å². The van der Waals surface area contributed by atoms with E-state index >= 15 is 0 Å². The van der Waals surface area contributed by atoms with Crippen molar-refractivity contribution in [2.75, 3.05) is 5.32 Å². The molecule has 4 aromatic rings. The lowest BCUT2D eigenvalue weighted by atomic mass is 10.2. The van der Waals surface area contributed by atoms with Gasteiger partial charge in [-0.05, 0) is 23.8 Å². The topological polar surface area (TPSA) is 55.4 Å². The molecule has 108 valence electrons. The van der Waals surface area contributed by atoms with E-state index in [4.69, 9.17) is 4.42 Å². The number of fused-ring (bicyclic) bond motifs is 1. The van der Waals surface area contributed by atoms with Crippen LogP contribution in [0.3, 0.4) is 0 Å². The van der Waals surface area contributed by atoms with Crippen molar-refractivity contribution in [3.8, 4) is 11.5 Å². The smallest absolute Gasteiger partial charge is 0.236 e. The van der Waals surface area contributed by atoms with E-state index < -0.39 is 0 Å². The highest BCUT2D eigenvalue weighted by Gasteiger charge is 2.16.